The van der Waals surface area contributed by atoms with Crippen molar-refractivity contribution in [1.29, 1.82) is 0 Å². The lowest BCUT2D eigenvalue weighted by Crippen LogP contribution is -2.17. The molecule has 0 bridgehead atoms. The molecule has 0 fully saturated rings. The Balaban J connectivity index is 1.95. The van der Waals surface area contributed by atoms with Crippen LogP contribution in [0.1, 0.15) is 10.4 Å². The number of hydrogen-bond donors (Lipinski definition) is 0. The number of nitrogens with zero attached hydrogens (tertiary/aromatic N) is 2. The summed E-state index contributed by atoms with van der Waals surface area (Å²) >= 11 is 13.7. The van der Waals surface area contributed by atoms with Gasteiger partial charge in [0.1, 0.15) is 5.82 Å². The zero-order chi connectivity index (χ0) is 14.8. The van der Waals surface area contributed by atoms with E-state index >= 15 is 0 Å². The first kappa shape index (κ1) is 14.6. The predicted molar refractivity (Wildman–Crippen MR) is 92.7 cm³/mol. The molecule has 21 heavy (non-hydrogen) atoms. The maximum absolute atomic E-state index is 6.08. The van der Waals surface area contributed by atoms with Gasteiger partial charge in [-0.15, -0.1) is 22.9 Å². The van der Waals surface area contributed by atoms with E-state index in [0.717, 1.165) is 33.2 Å². The van der Waals surface area contributed by atoms with Gasteiger partial charge in [-0.3, -0.25) is 0 Å². The molecule has 0 saturated carbocycles. The van der Waals surface area contributed by atoms with Gasteiger partial charge in [0.05, 0.1) is 16.4 Å². The topological polar surface area (TPSA) is 16.1 Å². The zero-order valence-electron chi connectivity index (χ0n) is 11.5. The molecule has 0 atom stereocenters. The molecule has 0 unspecified atom stereocenters. The van der Waals surface area contributed by atoms with E-state index in [1.807, 2.05) is 37.4 Å². The van der Waals surface area contributed by atoms with E-state index in [4.69, 9.17) is 28.2 Å². The number of aromatic nitrogens is 1. The summed E-state index contributed by atoms with van der Waals surface area (Å²) in [6.07, 6.45) is 0. The molecule has 0 N–H and O–H groups in total. The van der Waals surface area contributed by atoms with Gasteiger partial charge in [-0.1, -0.05) is 29.8 Å². The second-order valence-electron chi connectivity index (χ2n) is 4.85. The van der Waals surface area contributed by atoms with E-state index in [1.54, 1.807) is 11.3 Å². The van der Waals surface area contributed by atoms with Crippen molar-refractivity contribution in [3.63, 3.8) is 0 Å². The Hall–Kier alpha value is -1.29. The van der Waals surface area contributed by atoms with Crippen LogP contribution in [0, 0.1) is 0 Å². The fourth-order valence-corrected chi connectivity index (χ4v) is 3.65. The monoisotopic (exact) mass is 336 g/mol. The molecular formula is C16H14Cl2N2S. The quantitative estimate of drug-likeness (QED) is 0.599. The second-order valence-corrected chi connectivity index (χ2v) is 6.92. The highest BCUT2D eigenvalue weighted by molar-refractivity contribution is 7.16. The summed E-state index contributed by atoms with van der Waals surface area (Å²) in [5.74, 6) is 1.41. The van der Waals surface area contributed by atoms with Crippen molar-refractivity contribution in [3.05, 3.63) is 57.2 Å². The predicted octanol–water partition coefficient (Wildman–Crippen LogP) is 5.32. The third kappa shape index (κ3) is 3.15. The van der Waals surface area contributed by atoms with Crippen molar-refractivity contribution in [2.24, 2.45) is 0 Å². The average Bonchev–Trinajstić information content (AvgIpc) is 2.91. The van der Waals surface area contributed by atoms with Crippen molar-refractivity contribution in [3.8, 4) is 0 Å². The average molecular weight is 337 g/mol. The lowest BCUT2D eigenvalue weighted by molar-refractivity contribution is 0.916. The molecule has 3 aromatic rings. The molecule has 1 aromatic carbocycles. The Kier molecular flexibility index (Phi) is 4.34. The van der Waals surface area contributed by atoms with E-state index in [9.17, 15) is 0 Å². The number of benzene rings is 1. The van der Waals surface area contributed by atoms with Gasteiger partial charge in [0.15, 0.2) is 0 Å². The summed E-state index contributed by atoms with van der Waals surface area (Å²) in [5, 5.41) is 1.11. The minimum absolute atomic E-state index is 0.481. The summed E-state index contributed by atoms with van der Waals surface area (Å²) in [7, 11) is 2.03. The van der Waals surface area contributed by atoms with Crippen LogP contribution in [-0.4, -0.2) is 12.0 Å². The smallest absolute Gasteiger partial charge is 0.129 e. The molecule has 3 rings (SSSR count). The zero-order valence-corrected chi connectivity index (χ0v) is 13.8. The molecule has 0 saturated heterocycles. The molecule has 0 amide bonds. The highest BCUT2D eigenvalue weighted by Crippen LogP contribution is 2.27. The molecule has 5 heteroatoms. The Morgan fingerprint density at radius 1 is 1.19 bits per heavy atom. The van der Waals surface area contributed by atoms with Crippen molar-refractivity contribution >= 4 is 51.3 Å². The highest BCUT2D eigenvalue weighted by atomic mass is 35.5. The number of pyridine rings is 1. The van der Waals surface area contributed by atoms with Crippen molar-refractivity contribution in [2.45, 2.75) is 12.4 Å². The maximum Gasteiger partial charge on any atom is 0.129 e. The highest BCUT2D eigenvalue weighted by Gasteiger charge is 2.10. The maximum atomic E-state index is 6.08. The first-order chi connectivity index (χ1) is 10.2. The molecule has 2 heterocycles. The Morgan fingerprint density at radius 3 is 2.71 bits per heavy atom. The molecule has 0 aliphatic rings. The fraction of sp³-hybridized carbons (Fsp3) is 0.188. The summed E-state index contributed by atoms with van der Waals surface area (Å²) in [5.41, 5.74) is 2.08. The van der Waals surface area contributed by atoms with Gasteiger partial charge in [-0.25, -0.2) is 4.98 Å². The molecule has 2 nitrogen and oxygen atoms in total. The molecule has 0 radical (unpaired) electrons. The summed E-state index contributed by atoms with van der Waals surface area (Å²) in [6.45, 7) is 0.782. The van der Waals surface area contributed by atoms with Crippen LogP contribution in [0.2, 0.25) is 4.34 Å². The number of hydrogen-bond acceptors (Lipinski definition) is 3. The number of halogens is 2. The minimum Gasteiger partial charge on any atom is -0.355 e. The van der Waals surface area contributed by atoms with Crippen LogP contribution in [-0.2, 0) is 12.4 Å². The minimum atomic E-state index is 0.481. The van der Waals surface area contributed by atoms with Crippen molar-refractivity contribution in [1.82, 2.24) is 4.98 Å². The van der Waals surface area contributed by atoms with Crippen molar-refractivity contribution < 1.29 is 0 Å². The van der Waals surface area contributed by atoms with Crippen LogP contribution in [0.25, 0.3) is 10.9 Å². The van der Waals surface area contributed by atoms with Crippen LogP contribution in [0.5, 0.6) is 0 Å². The first-order valence-electron chi connectivity index (χ1n) is 6.57. The number of alkyl halides is 1. The van der Waals surface area contributed by atoms with Crippen molar-refractivity contribution in [2.75, 3.05) is 11.9 Å². The largest absolute Gasteiger partial charge is 0.355 e. The lowest BCUT2D eigenvalue weighted by Gasteiger charge is -2.19. The van der Waals surface area contributed by atoms with E-state index in [0.29, 0.717) is 5.88 Å². The van der Waals surface area contributed by atoms with Crippen LogP contribution < -0.4 is 4.90 Å². The SMILES string of the molecule is CN(Cc1ccc(Cl)s1)c1cc(CCl)c2ccccc2n1. The third-order valence-electron chi connectivity index (χ3n) is 3.35. The summed E-state index contributed by atoms with van der Waals surface area (Å²) in [6, 6.07) is 14.1. The second kappa shape index (κ2) is 6.22. The normalized spacial score (nSPS) is 11.0. The van der Waals surface area contributed by atoms with E-state index in [2.05, 4.69) is 17.0 Å². The number of thiophene rings is 1. The Labute approximate surface area is 137 Å². The van der Waals surface area contributed by atoms with E-state index < -0.39 is 0 Å². The van der Waals surface area contributed by atoms with Crippen LogP contribution in [0.4, 0.5) is 5.82 Å². The number of fused-ring (bicyclic) bond motifs is 1. The van der Waals surface area contributed by atoms with Gasteiger partial charge < -0.3 is 4.90 Å². The molecule has 0 aliphatic carbocycles. The van der Waals surface area contributed by atoms with Crippen LogP contribution in [0.3, 0.4) is 0 Å². The van der Waals surface area contributed by atoms with Gasteiger partial charge >= 0.3 is 0 Å². The molecular weight excluding hydrogens is 323 g/mol. The first-order valence-corrected chi connectivity index (χ1v) is 8.30. The van der Waals surface area contributed by atoms with Crippen LogP contribution in [0.15, 0.2) is 42.5 Å². The van der Waals surface area contributed by atoms with Gasteiger partial charge in [0, 0.05) is 23.2 Å². The van der Waals surface area contributed by atoms with Gasteiger partial charge in [0.25, 0.3) is 0 Å². The molecule has 0 spiro atoms. The Bertz CT molecular complexity index is 770. The lowest BCUT2D eigenvalue weighted by atomic mass is 10.1. The standard InChI is InChI=1S/C16H14Cl2N2S/c1-20(10-12-6-7-15(18)21-12)16-8-11(9-17)13-4-2-3-5-14(13)19-16/h2-8H,9-10H2,1H3. The van der Waals surface area contributed by atoms with Gasteiger partial charge in [-0.05, 0) is 29.8 Å². The fourth-order valence-electron chi connectivity index (χ4n) is 2.29. The number of rotatable bonds is 4. The van der Waals surface area contributed by atoms with E-state index in [1.165, 1.54) is 4.88 Å². The molecule has 108 valence electrons. The summed E-state index contributed by atoms with van der Waals surface area (Å²) in [4.78, 5) is 8.05. The van der Waals surface area contributed by atoms with E-state index in [-0.39, 0.29) is 0 Å². The van der Waals surface area contributed by atoms with Gasteiger partial charge in [-0.2, -0.15) is 0 Å². The Morgan fingerprint density at radius 2 is 2.00 bits per heavy atom. The number of anilines is 1. The van der Waals surface area contributed by atoms with Crippen LogP contribution >= 0.6 is 34.5 Å². The third-order valence-corrected chi connectivity index (χ3v) is 4.85. The summed E-state index contributed by atoms with van der Waals surface area (Å²) < 4.78 is 0.811. The van der Waals surface area contributed by atoms with Gasteiger partial charge in [0.2, 0.25) is 0 Å². The number of para-hydroxylation sites is 1. The molecule has 0 aliphatic heterocycles. The molecule has 2 aromatic heterocycles.